The van der Waals surface area contributed by atoms with Gasteiger partial charge in [-0.05, 0) is 55.3 Å². The van der Waals surface area contributed by atoms with Gasteiger partial charge in [0, 0.05) is 6.54 Å². The molecule has 2 atom stereocenters. The number of nitrogens with one attached hydrogen (secondary N) is 1. The Morgan fingerprint density at radius 3 is 2.42 bits per heavy atom. The molecular weight excluding hydrogens is 234 g/mol. The molecule has 0 aromatic heterocycles. The van der Waals surface area contributed by atoms with Crippen LogP contribution in [0.4, 0.5) is 0 Å². The average molecular weight is 261 g/mol. The fourth-order valence-corrected chi connectivity index (χ4v) is 3.25. The molecule has 2 rings (SSSR count). The minimum Gasteiger partial charge on any atom is -0.507 e. The second kappa shape index (κ2) is 6.42. The summed E-state index contributed by atoms with van der Waals surface area (Å²) in [4.78, 5) is 0. The van der Waals surface area contributed by atoms with Gasteiger partial charge in [0.1, 0.15) is 5.75 Å². The quantitative estimate of drug-likeness (QED) is 0.861. The molecule has 2 N–H and O–H groups in total. The topological polar surface area (TPSA) is 32.3 Å². The Balaban J connectivity index is 1.85. The summed E-state index contributed by atoms with van der Waals surface area (Å²) in [6, 6.07) is 4.17. The highest BCUT2D eigenvalue weighted by Gasteiger charge is 2.20. The van der Waals surface area contributed by atoms with Crippen molar-refractivity contribution in [3.63, 3.8) is 0 Å². The Labute approximate surface area is 117 Å². The minimum absolute atomic E-state index is 0.435. The van der Waals surface area contributed by atoms with Crippen molar-refractivity contribution in [3.8, 4) is 5.75 Å². The maximum Gasteiger partial charge on any atom is 0.121 e. The Morgan fingerprint density at radius 1 is 1.16 bits per heavy atom. The normalized spacial score (nSPS) is 23.5. The van der Waals surface area contributed by atoms with E-state index < -0.39 is 0 Å². The summed E-state index contributed by atoms with van der Waals surface area (Å²) in [6.07, 6.45) is 5.58. The van der Waals surface area contributed by atoms with Crippen molar-refractivity contribution in [2.75, 3.05) is 6.54 Å². The first-order chi connectivity index (χ1) is 9.08. The molecule has 106 valence electrons. The first-order valence-electron chi connectivity index (χ1n) is 7.57. The van der Waals surface area contributed by atoms with Gasteiger partial charge in [-0.2, -0.15) is 0 Å². The predicted molar refractivity (Wildman–Crippen MR) is 80.4 cm³/mol. The van der Waals surface area contributed by atoms with Gasteiger partial charge in [0.15, 0.2) is 0 Å². The van der Waals surface area contributed by atoms with Crippen LogP contribution in [0.25, 0.3) is 0 Å². The molecule has 0 bridgehead atoms. The lowest BCUT2D eigenvalue weighted by molar-refractivity contribution is 0.247. The van der Waals surface area contributed by atoms with E-state index in [0.29, 0.717) is 5.75 Å². The summed E-state index contributed by atoms with van der Waals surface area (Å²) in [5, 5.41) is 13.4. The fourth-order valence-electron chi connectivity index (χ4n) is 3.25. The molecule has 1 aromatic rings. The Kier molecular flexibility index (Phi) is 4.87. The Bertz CT molecular complexity index is 404. The number of hydrogen-bond donors (Lipinski definition) is 2. The SMILES string of the molecule is Cc1cc(CNCC2CCCCC2C)cc(C)c1O. The third-order valence-corrected chi connectivity index (χ3v) is 4.58. The molecule has 0 radical (unpaired) electrons. The van der Waals surface area contributed by atoms with E-state index in [1.807, 2.05) is 13.8 Å². The summed E-state index contributed by atoms with van der Waals surface area (Å²) in [5.41, 5.74) is 3.22. The van der Waals surface area contributed by atoms with Crippen molar-refractivity contribution < 1.29 is 5.11 Å². The van der Waals surface area contributed by atoms with E-state index in [2.05, 4.69) is 24.4 Å². The molecule has 1 fully saturated rings. The molecule has 2 unspecified atom stereocenters. The highest BCUT2D eigenvalue weighted by atomic mass is 16.3. The van der Waals surface area contributed by atoms with E-state index in [1.165, 1.54) is 31.2 Å². The van der Waals surface area contributed by atoms with Gasteiger partial charge in [-0.1, -0.05) is 38.3 Å². The Hall–Kier alpha value is -1.02. The zero-order chi connectivity index (χ0) is 13.8. The van der Waals surface area contributed by atoms with Crippen LogP contribution in [-0.2, 0) is 6.54 Å². The first-order valence-corrected chi connectivity index (χ1v) is 7.57. The predicted octanol–water partition coefficient (Wildman–Crippen LogP) is 3.92. The van der Waals surface area contributed by atoms with E-state index in [1.54, 1.807) is 0 Å². The lowest BCUT2D eigenvalue weighted by Gasteiger charge is -2.29. The molecule has 2 nitrogen and oxygen atoms in total. The van der Waals surface area contributed by atoms with Gasteiger partial charge in [0.2, 0.25) is 0 Å². The molecular formula is C17H27NO. The van der Waals surface area contributed by atoms with Gasteiger partial charge in [0.25, 0.3) is 0 Å². The van der Waals surface area contributed by atoms with Crippen molar-refractivity contribution in [2.24, 2.45) is 11.8 Å². The van der Waals surface area contributed by atoms with Gasteiger partial charge in [-0.25, -0.2) is 0 Å². The van der Waals surface area contributed by atoms with Gasteiger partial charge < -0.3 is 10.4 Å². The molecule has 2 heteroatoms. The second-order valence-electron chi connectivity index (χ2n) is 6.23. The second-order valence-corrected chi connectivity index (χ2v) is 6.23. The highest BCUT2D eigenvalue weighted by molar-refractivity contribution is 5.42. The highest BCUT2D eigenvalue weighted by Crippen LogP contribution is 2.29. The van der Waals surface area contributed by atoms with E-state index in [4.69, 9.17) is 0 Å². The summed E-state index contributed by atoms with van der Waals surface area (Å²) >= 11 is 0. The van der Waals surface area contributed by atoms with Crippen LogP contribution in [0.2, 0.25) is 0 Å². The summed E-state index contributed by atoms with van der Waals surface area (Å²) < 4.78 is 0. The van der Waals surface area contributed by atoms with Crippen molar-refractivity contribution in [1.82, 2.24) is 5.32 Å². The third-order valence-electron chi connectivity index (χ3n) is 4.58. The lowest BCUT2D eigenvalue weighted by atomic mass is 9.80. The van der Waals surface area contributed by atoms with Crippen LogP contribution in [0, 0.1) is 25.7 Å². The summed E-state index contributed by atoms with van der Waals surface area (Å²) in [7, 11) is 0. The summed E-state index contributed by atoms with van der Waals surface area (Å²) in [5.74, 6) is 2.14. The zero-order valence-corrected chi connectivity index (χ0v) is 12.5. The third kappa shape index (κ3) is 3.73. The molecule has 19 heavy (non-hydrogen) atoms. The molecule has 0 saturated heterocycles. The van der Waals surface area contributed by atoms with Crippen molar-refractivity contribution in [2.45, 2.75) is 53.0 Å². The molecule has 1 aliphatic carbocycles. The fraction of sp³-hybridized carbons (Fsp3) is 0.647. The van der Waals surface area contributed by atoms with Crippen LogP contribution < -0.4 is 5.32 Å². The number of benzene rings is 1. The largest absolute Gasteiger partial charge is 0.507 e. The first kappa shape index (κ1) is 14.4. The Morgan fingerprint density at radius 2 is 1.79 bits per heavy atom. The van der Waals surface area contributed by atoms with Gasteiger partial charge >= 0.3 is 0 Å². The molecule has 0 amide bonds. The average Bonchev–Trinajstić information content (AvgIpc) is 2.38. The maximum absolute atomic E-state index is 9.77. The van der Waals surface area contributed by atoms with Crippen molar-refractivity contribution in [1.29, 1.82) is 0 Å². The number of hydrogen-bond acceptors (Lipinski definition) is 2. The van der Waals surface area contributed by atoms with Crippen LogP contribution in [0.15, 0.2) is 12.1 Å². The van der Waals surface area contributed by atoms with Gasteiger partial charge in [0.05, 0.1) is 0 Å². The van der Waals surface area contributed by atoms with E-state index in [9.17, 15) is 5.11 Å². The number of rotatable bonds is 4. The van der Waals surface area contributed by atoms with Gasteiger partial charge in [-0.3, -0.25) is 0 Å². The lowest BCUT2D eigenvalue weighted by Crippen LogP contribution is -2.29. The number of phenols is 1. The van der Waals surface area contributed by atoms with E-state index >= 15 is 0 Å². The maximum atomic E-state index is 9.77. The van der Waals surface area contributed by atoms with E-state index in [0.717, 1.165) is 36.1 Å². The minimum atomic E-state index is 0.435. The van der Waals surface area contributed by atoms with Crippen molar-refractivity contribution >= 4 is 0 Å². The standard InChI is InChI=1S/C17H27NO/c1-12-6-4-5-7-16(12)11-18-10-15-8-13(2)17(19)14(3)9-15/h8-9,12,16,18-19H,4-7,10-11H2,1-3H3. The van der Waals surface area contributed by atoms with Crippen LogP contribution in [0.5, 0.6) is 5.75 Å². The molecule has 1 saturated carbocycles. The molecule has 0 aliphatic heterocycles. The van der Waals surface area contributed by atoms with Crippen LogP contribution in [-0.4, -0.2) is 11.7 Å². The molecule has 1 aliphatic rings. The van der Waals surface area contributed by atoms with Crippen LogP contribution >= 0.6 is 0 Å². The number of aromatic hydroxyl groups is 1. The molecule has 0 spiro atoms. The van der Waals surface area contributed by atoms with E-state index in [-0.39, 0.29) is 0 Å². The number of aryl methyl sites for hydroxylation is 2. The van der Waals surface area contributed by atoms with Gasteiger partial charge in [-0.15, -0.1) is 0 Å². The zero-order valence-electron chi connectivity index (χ0n) is 12.5. The molecule has 0 heterocycles. The monoisotopic (exact) mass is 261 g/mol. The van der Waals surface area contributed by atoms with Crippen molar-refractivity contribution in [3.05, 3.63) is 28.8 Å². The van der Waals surface area contributed by atoms with Crippen LogP contribution in [0.1, 0.15) is 49.3 Å². The number of phenolic OH excluding ortho intramolecular Hbond substituents is 1. The molecule has 1 aromatic carbocycles. The van der Waals surface area contributed by atoms with Crippen LogP contribution in [0.3, 0.4) is 0 Å². The smallest absolute Gasteiger partial charge is 0.121 e. The summed E-state index contributed by atoms with van der Waals surface area (Å²) in [6.45, 7) is 8.36.